The van der Waals surface area contributed by atoms with Gasteiger partial charge in [0.25, 0.3) is 0 Å². The summed E-state index contributed by atoms with van der Waals surface area (Å²) in [5, 5.41) is 24.5. The van der Waals surface area contributed by atoms with Gasteiger partial charge in [0, 0.05) is 32.2 Å². The molecule has 2 saturated carbocycles. The third-order valence-electron chi connectivity index (χ3n) is 9.88. The Morgan fingerprint density at radius 1 is 0.939 bits per heavy atom. The highest BCUT2D eigenvalue weighted by atomic mass is 31.2. The van der Waals surface area contributed by atoms with Gasteiger partial charge in [-0.15, -0.1) is 0 Å². The van der Waals surface area contributed by atoms with Crippen LogP contribution in [0.15, 0.2) is 17.6 Å². The Balaban J connectivity index is 0.000000177. The number of morpholine rings is 2. The number of ether oxygens (including phenoxy) is 3. The van der Waals surface area contributed by atoms with Crippen molar-refractivity contribution in [3.8, 4) is 0 Å². The zero-order chi connectivity index (χ0) is 34.2. The number of aromatic nitrogens is 4. The molecule has 3 saturated heterocycles. The second kappa shape index (κ2) is 17.2. The first-order chi connectivity index (χ1) is 23.8. The van der Waals surface area contributed by atoms with E-state index in [0.29, 0.717) is 36.5 Å². The summed E-state index contributed by atoms with van der Waals surface area (Å²) in [5.74, 6) is 1.35. The molecule has 3 aliphatic heterocycles. The van der Waals surface area contributed by atoms with Crippen LogP contribution >= 0.6 is 7.75 Å². The van der Waals surface area contributed by atoms with Crippen LogP contribution in [0.3, 0.4) is 0 Å². The number of hydrogen-bond acceptors (Lipinski definition) is 12. The summed E-state index contributed by atoms with van der Waals surface area (Å²) < 4.78 is 36.6. The lowest BCUT2D eigenvalue weighted by Crippen LogP contribution is -2.51. The largest absolute Gasteiger partial charge is 0.405 e. The van der Waals surface area contributed by atoms with Crippen LogP contribution in [0.25, 0.3) is 11.2 Å². The molecule has 6 N–H and O–H groups in total. The van der Waals surface area contributed by atoms with Gasteiger partial charge in [-0.25, -0.2) is 29.2 Å². The van der Waals surface area contributed by atoms with Crippen LogP contribution in [0, 0.1) is 0 Å². The summed E-state index contributed by atoms with van der Waals surface area (Å²) in [6.07, 6.45) is 11.3. The summed E-state index contributed by atoms with van der Waals surface area (Å²) in [6, 6.07) is 1.19. The number of aliphatic imine (C=N–C) groups is 1. The Labute approximate surface area is 286 Å². The second-order valence-electron chi connectivity index (χ2n) is 13.3. The number of nitrogens with one attached hydrogen (secondary N) is 1. The highest BCUT2D eigenvalue weighted by molar-refractivity contribution is 7.50. The lowest BCUT2D eigenvalue weighted by atomic mass is 9.95. The minimum atomic E-state index is -4.07. The maximum absolute atomic E-state index is 12.4. The Bertz CT molecular complexity index is 1410. The summed E-state index contributed by atoms with van der Waals surface area (Å²) >= 11 is 0. The number of nitrogens with zero attached hydrogens (tertiary/aromatic N) is 7. The number of nitrogen functional groups attached to an aromatic ring is 1. The summed E-state index contributed by atoms with van der Waals surface area (Å²) in [6.45, 7) is 4.46. The van der Waals surface area contributed by atoms with Gasteiger partial charge in [0.05, 0.1) is 45.4 Å². The van der Waals surface area contributed by atoms with Crippen LogP contribution in [0.5, 0.6) is 0 Å². The van der Waals surface area contributed by atoms with Crippen molar-refractivity contribution in [3.63, 3.8) is 0 Å². The molecule has 0 spiro atoms. The van der Waals surface area contributed by atoms with Crippen molar-refractivity contribution in [2.45, 2.75) is 101 Å². The minimum Gasteiger partial charge on any atom is -0.387 e. The molecule has 2 aromatic rings. The number of nitrogens with two attached hydrogens (primary N) is 1. The van der Waals surface area contributed by atoms with E-state index in [2.05, 4.69) is 25.2 Å². The van der Waals surface area contributed by atoms with Gasteiger partial charge in [-0.05, 0) is 25.7 Å². The van der Waals surface area contributed by atoms with Crippen molar-refractivity contribution in [1.82, 2.24) is 34.4 Å². The SMILES string of the molecule is C1CCC(N=C(NC2CCCCC2)N2CCOCC2)CC1.Nc1ncnc2c1ncn2C1OC(COP(=O)(O)N2CCOCC2)C(O)C1O. The number of hydrogen-bond donors (Lipinski definition) is 5. The van der Waals surface area contributed by atoms with Crippen LogP contribution in [0.2, 0.25) is 0 Å². The number of rotatable bonds is 7. The third kappa shape index (κ3) is 9.26. The Hall–Kier alpha value is -2.47. The van der Waals surface area contributed by atoms with Gasteiger partial charge < -0.3 is 45.3 Å². The van der Waals surface area contributed by atoms with Crippen LogP contribution in [0.1, 0.15) is 70.4 Å². The maximum atomic E-state index is 12.4. The minimum absolute atomic E-state index is 0.170. The molecule has 5 heterocycles. The number of anilines is 1. The number of guanidine groups is 1. The molecular weight excluding hydrogens is 657 g/mol. The van der Waals surface area contributed by atoms with E-state index in [-0.39, 0.29) is 25.5 Å². The average Bonchev–Trinajstić information content (AvgIpc) is 3.69. The van der Waals surface area contributed by atoms with Gasteiger partial charge in [0.1, 0.15) is 30.2 Å². The molecule has 0 bridgehead atoms. The first-order valence-electron chi connectivity index (χ1n) is 17.7. The number of imidazole rings is 1. The molecule has 2 aliphatic carbocycles. The van der Waals surface area contributed by atoms with Gasteiger partial charge in [-0.1, -0.05) is 38.5 Å². The molecule has 5 unspecified atom stereocenters. The molecule has 0 amide bonds. The van der Waals surface area contributed by atoms with E-state index in [4.69, 9.17) is 29.5 Å². The molecule has 17 nitrogen and oxygen atoms in total. The quantitative estimate of drug-likeness (QED) is 0.156. The normalized spacial score (nSPS) is 29.4. The zero-order valence-corrected chi connectivity index (χ0v) is 29.0. The number of aliphatic hydroxyl groups excluding tert-OH is 2. The molecule has 0 radical (unpaired) electrons. The lowest BCUT2D eigenvalue weighted by Gasteiger charge is -2.34. The number of fused-ring (bicyclic) bond motifs is 1. The third-order valence-corrected chi connectivity index (χ3v) is 11.5. The van der Waals surface area contributed by atoms with Gasteiger partial charge in [0.2, 0.25) is 0 Å². The molecule has 5 aliphatic rings. The van der Waals surface area contributed by atoms with Crippen molar-refractivity contribution in [1.29, 1.82) is 0 Å². The van der Waals surface area contributed by atoms with Crippen molar-refractivity contribution >= 4 is 30.7 Å². The van der Waals surface area contributed by atoms with E-state index in [1.165, 1.54) is 92.1 Å². The first kappa shape index (κ1) is 36.3. The fourth-order valence-electron chi connectivity index (χ4n) is 7.01. The van der Waals surface area contributed by atoms with Crippen LogP contribution < -0.4 is 11.1 Å². The molecular formula is C31H52N9O8P. The standard InChI is InChI=1S/C17H31N3O.C14H21N6O7P/c1-3-7-15(8-4-1)18-17(20-11-13-21-14-12-20)19-16-9-5-2-6-10-16;15-12-9-13(17-6-16-12)20(7-18-9)14-11(22)10(21)8(27-14)5-26-28(23,24)19-1-3-25-4-2-19/h15-16H,1-14H2,(H,18,19);6-8,10-11,14,21-22H,1-5H2,(H,23,24)(H2,15,16,17). The topological polar surface area (TPSA) is 215 Å². The second-order valence-corrected chi connectivity index (χ2v) is 15.1. The average molecular weight is 710 g/mol. The van der Waals surface area contributed by atoms with Crippen molar-refractivity contribution in [2.75, 3.05) is 64.9 Å². The van der Waals surface area contributed by atoms with E-state index in [1.54, 1.807) is 0 Å². The highest BCUT2D eigenvalue weighted by Gasteiger charge is 2.46. The van der Waals surface area contributed by atoms with E-state index in [1.807, 2.05) is 0 Å². The monoisotopic (exact) mass is 709 g/mol. The Morgan fingerprint density at radius 2 is 1.59 bits per heavy atom. The molecule has 18 heteroatoms. The van der Waals surface area contributed by atoms with Crippen molar-refractivity contribution < 1.29 is 38.4 Å². The summed E-state index contributed by atoms with van der Waals surface area (Å²) in [7, 11) is -4.07. The fraction of sp³-hybridized carbons (Fsp3) is 0.806. The van der Waals surface area contributed by atoms with Crippen LogP contribution in [0.4, 0.5) is 5.82 Å². The fourth-order valence-corrected chi connectivity index (χ4v) is 8.18. The van der Waals surface area contributed by atoms with Crippen LogP contribution in [-0.4, -0.2) is 140 Å². The highest BCUT2D eigenvalue weighted by Crippen LogP contribution is 2.47. The van der Waals surface area contributed by atoms with Crippen molar-refractivity contribution in [2.24, 2.45) is 4.99 Å². The number of aliphatic hydroxyl groups is 2. The molecule has 5 fully saturated rings. The predicted octanol–water partition coefficient (Wildman–Crippen LogP) is 1.41. The van der Waals surface area contributed by atoms with Gasteiger partial charge in [0.15, 0.2) is 23.7 Å². The zero-order valence-electron chi connectivity index (χ0n) is 28.1. The smallest absolute Gasteiger partial charge is 0.387 e. The van der Waals surface area contributed by atoms with E-state index >= 15 is 0 Å². The van der Waals surface area contributed by atoms with E-state index in [0.717, 1.165) is 26.3 Å². The first-order valence-corrected chi connectivity index (χ1v) is 19.3. The van der Waals surface area contributed by atoms with Crippen LogP contribution in [-0.2, 0) is 23.3 Å². The Morgan fingerprint density at radius 3 is 2.29 bits per heavy atom. The molecule has 49 heavy (non-hydrogen) atoms. The lowest BCUT2D eigenvalue weighted by molar-refractivity contribution is -0.0507. The molecule has 5 atom stereocenters. The molecule has 0 aromatic carbocycles. The summed E-state index contributed by atoms with van der Waals surface area (Å²) in [5.41, 5.74) is 6.41. The molecule has 274 valence electrons. The summed E-state index contributed by atoms with van der Waals surface area (Å²) in [4.78, 5) is 29.7. The predicted molar refractivity (Wildman–Crippen MR) is 181 cm³/mol. The van der Waals surface area contributed by atoms with Gasteiger partial charge >= 0.3 is 7.75 Å². The van der Waals surface area contributed by atoms with E-state index in [9.17, 15) is 19.7 Å². The van der Waals surface area contributed by atoms with Gasteiger partial charge in [-0.2, -0.15) is 0 Å². The van der Waals surface area contributed by atoms with Gasteiger partial charge in [-0.3, -0.25) is 9.09 Å². The van der Waals surface area contributed by atoms with Crippen molar-refractivity contribution in [3.05, 3.63) is 12.7 Å². The Kier molecular flexibility index (Phi) is 12.7. The maximum Gasteiger partial charge on any atom is 0.405 e. The van der Waals surface area contributed by atoms with E-state index < -0.39 is 32.3 Å². The molecule has 2 aromatic heterocycles. The molecule has 7 rings (SSSR count).